The van der Waals surface area contributed by atoms with Gasteiger partial charge in [-0.25, -0.2) is 33.7 Å². The molecule has 1 aromatic carbocycles. The summed E-state index contributed by atoms with van der Waals surface area (Å²) in [6.45, 7) is 1.62. The van der Waals surface area contributed by atoms with Crippen LogP contribution in [0.5, 0.6) is 0 Å². The highest BCUT2D eigenvalue weighted by Crippen LogP contribution is 2.36. The summed E-state index contributed by atoms with van der Waals surface area (Å²) in [6.07, 6.45) is 2.69. The van der Waals surface area contributed by atoms with Gasteiger partial charge in [-0.1, -0.05) is 44.5 Å². The van der Waals surface area contributed by atoms with Gasteiger partial charge in [-0.3, -0.25) is 0 Å². The zero-order valence-electron chi connectivity index (χ0n) is 17.0. The second kappa shape index (κ2) is 9.38. The lowest BCUT2D eigenvalue weighted by molar-refractivity contribution is 0.284. The fraction of sp³-hybridized carbons (Fsp3) is 0.600. The molecule has 174 valence electrons. The van der Waals surface area contributed by atoms with Crippen LogP contribution in [-0.4, -0.2) is 72.2 Å². The van der Waals surface area contributed by atoms with Crippen LogP contribution in [0.1, 0.15) is 31.4 Å². The van der Waals surface area contributed by atoms with Crippen molar-refractivity contribution in [1.82, 2.24) is 7.42 Å². The Hall–Kier alpha value is -0.770. The van der Waals surface area contributed by atoms with Crippen LogP contribution in [0.25, 0.3) is 0 Å². The second-order valence-electron chi connectivity index (χ2n) is 6.86. The first-order chi connectivity index (χ1) is 13.3. The first-order valence-corrected chi connectivity index (χ1v) is 16.2. The van der Waals surface area contributed by atoms with Crippen molar-refractivity contribution in [2.45, 2.75) is 31.8 Å². The Morgan fingerprint density at radius 2 is 1.10 bits per heavy atom. The van der Waals surface area contributed by atoms with E-state index in [0.717, 1.165) is 0 Å². The monoisotopic (exact) mass is 524 g/mol. The highest BCUT2D eigenvalue weighted by molar-refractivity contribution is 8.04. The van der Waals surface area contributed by atoms with E-state index in [1.165, 1.54) is 24.3 Å². The Bertz CT molecular complexity index is 1110. The predicted molar refractivity (Wildman–Crippen MR) is 116 cm³/mol. The molecule has 0 aliphatic heterocycles. The van der Waals surface area contributed by atoms with Gasteiger partial charge in [-0.2, -0.15) is 0 Å². The molecule has 2 atom stereocenters. The van der Waals surface area contributed by atoms with Gasteiger partial charge < -0.3 is 0 Å². The number of hydrogen-bond donors (Lipinski definition) is 0. The van der Waals surface area contributed by atoms with Crippen LogP contribution in [-0.2, 0) is 40.1 Å². The van der Waals surface area contributed by atoms with E-state index in [9.17, 15) is 33.7 Å². The maximum absolute atomic E-state index is 12.5. The van der Waals surface area contributed by atoms with Gasteiger partial charge in [-0.15, -0.1) is 0 Å². The van der Waals surface area contributed by atoms with Crippen molar-refractivity contribution >= 4 is 51.7 Å². The normalized spacial score (nSPS) is 16.0. The summed E-state index contributed by atoms with van der Waals surface area (Å²) in [7, 11) is -17.8. The van der Waals surface area contributed by atoms with Crippen molar-refractivity contribution in [2.75, 3.05) is 25.0 Å². The maximum Gasteiger partial charge on any atom is 0.224 e. The van der Waals surface area contributed by atoms with Crippen LogP contribution in [0, 0.1) is 0 Å². The molecule has 0 fully saturated rings. The molecule has 1 rings (SSSR count). The molecule has 0 radical (unpaired) electrons. The quantitative estimate of drug-likeness (QED) is 0.441. The van der Waals surface area contributed by atoms with E-state index in [2.05, 4.69) is 0 Å². The largest absolute Gasteiger partial charge is 0.224 e. The lowest BCUT2D eigenvalue weighted by Crippen LogP contribution is -2.53. The first kappa shape index (κ1) is 27.3. The Balaban J connectivity index is 4.08. The van der Waals surface area contributed by atoms with Gasteiger partial charge in [0.15, 0.2) is 0 Å². The Morgan fingerprint density at radius 1 is 0.733 bits per heavy atom. The molecule has 0 amide bonds. The summed E-state index contributed by atoms with van der Waals surface area (Å²) in [5.74, 6) is 0. The molecule has 0 aliphatic rings. The molecule has 0 saturated carbocycles. The molecule has 0 aliphatic carbocycles. The highest BCUT2D eigenvalue weighted by atomic mass is 35.5. The molecule has 0 heterocycles. The van der Waals surface area contributed by atoms with E-state index in [1.54, 1.807) is 6.92 Å². The molecule has 0 saturated heterocycles. The minimum Gasteiger partial charge on any atom is -0.212 e. The number of halogens is 1. The minimum absolute atomic E-state index is 0.0611. The summed E-state index contributed by atoms with van der Waals surface area (Å²) in [6, 6.07) is 2.12. The van der Waals surface area contributed by atoms with Crippen LogP contribution in [0.2, 0.25) is 5.02 Å². The third-order valence-corrected chi connectivity index (χ3v) is 11.1. The summed E-state index contributed by atoms with van der Waals surface area (Å²) in [4.78, 5) is 0. The molecule has 30 heavy (non-hydrogen) atoms. The zero-order valence-corrected chi connectivity index (χ0v) is 21.1. The Morgan fingerprint density at radius 3 is 1.40 bits per heavy atom. The van der Waals surface area contributed by atoms with E-state index in [1.807, 2.05) is 0 Å². The van der Waals surface area contributed by atoms with Crippen LogP contribution < -0.4 is 0 Å². The highest BCUT2D eigenvalue weighted by Gasteiger charge is 2.47. The molecule has 1 aromatic rings. The van der Waals surface area contributed by atoms with Gasteiger partial charge in [0.1, 0.15) is 0 Å². The maximum atomic E-state index is 12.5. The summed E-state index contributed by atoms with van der Waals surface area (Å²) >= 11 is 5.87. The summed E-state index contributed by atoms with van der Waals surface area (Å²) in [5, 5.41) is 0.262. The number of nitrogens with zero attached hydrogens (tertiary/aromatic N) is 2. The van der Waals surface area contributed by atoms with E-state index in [-0.39, 0.29) is 30.8 Å². The smallest absolute Gasteiger partial charge is 0.212 e. The number of benzene rings is 1. The van der Waals surface area contributed by atoms with Crippen LogP contribution in [0.15, 0.2) is 24.3 Å². The fourth-order valence-electron chi connectivity index (χ4n) is 3.21. The SMILES string of the molecule is CCC[C@H]([C@H](c1ccc(Cl)cc1)N(S(C)(=O)=O)S(C)(=O)=O)N(S(C)(=O)=O)S(C)(=O)=O. The van der Waals surface area contributed by atoms with Crippen molar-refractivity contribution in [3.8, 4) is 0 Å². The molecular weight excluding hydrogens is 500 g/mol. The van der Waals surface area contributed by atoms with E-state index in [4.69, 9.17) is 11.6 Å². The Kier molecular flexibility index (Phi) is 8.53. The number of rotatable bonds is 10. The van der Waals surface area contributed by atoms with Gasteiger partial charge in [-0.05, 0) is 24.1 Å². The lowest BCUT2D eigenvalue weighted by Gasteiger charge is -2.38. The van der Waals surface area contributed by atoms with E-state index >= 15 is 0 Å². The molecule has 0 aromatic heterocycles. The summed E-state index contributed by atoms with van der Waals surface area (Å²) in [5.41, 5.74) is 0.0611. The molecular formula is C15H25ClN2O8S4. The van der Waals surface area contributed by atoms with Crippen LogP contribution in [0.4, 0.5) is 0 Å². The first-order valence-electron chi connectivity index (χ1n) is 8.46. The molecule has 0 unspecified atom stereocenters. The van der Waals surface area contributed by atoms with Crippen molar-refractivity contribution in [1.29, 1.82) is 0 Å². The van der Waals surface area contributed by atoms with Gasteiger partial charge in [0.25, 0.3) is 0 Å². The van der Waals surface area contributed by atoms with Gasteiger partial charge in [0.05, 0.1) is 37.1 Å². The lowest BCUT2D eigenvalue weighted by atomic mass is 9.97. The average molecular weight is 525 g/mol. The third-order valence-electron chi connectivity index (χ3n) is 3.97. The van der Waals surface area contributed by atoms with Gasteiger partial charge in [0.2, 0.25) is 40.1 Å². The van der Waals surface area contributed by atoms with Crippen molar-refractivity contribution in [2.24, 2.45) is 0 Å². The van der Waals surface area contributed by atoms with Gasteiger partial charge in [0, 0.05) is 5.02 Å². The fourth-order valence-corrected chi connectivity index (χ4v) is 10.1. The topological polar surface area (TPSA) is 143 Å². The van der Waals surface area contributed by atoms with E-state index in [0.29, 0.717) is 25.0 Å². The van der Waals surface area contributed by atoms with Crippen LogP contribution >= 0.6 is 11.6 Å². The predicted octanol–water partition coefficient (Wildman–Crippen LogP) is 0.992. The zero-order chi connectivity index (χ0) is 23.7. The van der Waals surface area contributed by atoms with Crippen molar-refractivity contribution < 1.29 is 33.7 Å². The molecule has 0 bridgehead atoms. The molecule has 0 N–H and O–H groups in total. The molecule has 15 heteroatoms. The third kappa shape index (κ3) is 6.87. The second-order valence-corrected chi connectivity index (χ2v) is 15.2. The van der Waals surface area contributed by atoms with Gasteiger partial charge >= 0.3 is 0 Å². The van der Waals surface area contributed by atoms with Crippen molar-refractivity contribution in [3.63, 3.8) is 0 Å². The molecule has 10 nitrogen and oxygen atoms in total. The standard InChI is InChI=1S/C15H25ClN2O8S4/c1-6-7-14(17(27(2,19)20)28(3,21)22)15(12-8-10-13(16)11-9-12)18(29(4,23)24)30(5,25)26/h8-11,14-15H,6-7H2,1-5H3/t14-,15+/m1/s1. The van der Waals surface area contributed by atoms with Crippen LogP contribution in [0.3, 0.4) is 0 Å². The summed E-state index contributed by atoms with van der Waals surface area (Å²) < 4.78 is 100.0. The number of hydrogen-bond acceptors (Lipinski definition) is 8. The Labute approximate surface area is 184 Å². The van der Waals surface area contributed by atoms with Crippen molar-refractivity contribution in [3.05, 3.63) is 34.9 Å². The van der Waals surface area contributed by atoms with E-state index < -0.39 is 52.2 Å². The average Bonchev–Trinajstić information content (AvgIpc) is 2.48. The molecule has 0 spiro atoms. The number of sulfonamides is 4. The minimum atomic E-state index is -4.47.